The third kappa shape index (κ3) is 4.60. The number of benzene rings is 3. The van der Waals surface area contributed by atoms with Crippen LogP contribution in [-0.2, 0) is 4.74 Å². The normalized spacial score (nSPS) is 10.5. The molecule has 0 aliphatic carbocycles. The van der Waals surface area contributed by atoms with Crippen LogP contribution in [0, 0.1) is 11.6 Å². The Labute approximate surface area is 171 Å². The molecule has 0 bridgehead atoms. The second-order valence-electron chi connectivity index (χ2n) is 6.04. The van der Waals surface area contributed by atoms with Crippen molar-refractivity contribution in [3.63, 3.8) is 0 Å². The van der Waals surface area contributed by atoms with Crippen molar-refractivity contribution in [1.29, 1.82) is 0 Å². The number of hydrogen-bond donors (Lipinski definition) is 1. The van der Waals surface area contributed by atoms with Crippen molar-refractivity contribution in [2.45, 2.75) is 6.92 Å². The van der Waals surface area contributed by atoms with Gasteiger partial charge in [-0.05, 0) is 55.0 Å². The first-order valence-corrected chi connectivity index (χ1v) is 9.11. The molecule has 7 heteroatoms. The molecule has 0 aromatic heterocycles. The summed E-state index contributed by atoms with van der Waals surface area (Å²) in [7, 11) is 0. The van der Waals surface area contributed by atoms with Crippen LogP contribution in [0.4, 0.5) is 14.5 Å². The Hall–Kier alpha value is -3.25. The number of esters is 1. The Morgan fingerprint density at radius 1 is 1.00 bits per heavy atom. The lowest BCUT2D eigenvalue weighted by Crippen LogP contribution is -2.15. The van der Waals surface area contributed by atoms with Gasteiger partial charge < -0.3 is 10.1 Å². The van der Waals surface area contributed by atoms with E-state index in [4.69, 9.17) is 16.3 Å². The summed E-state index contributed by atoms with van der Waals surface area (Å²) in [5.74, 6) is -3.24. The van der Waals surface area contributed by atoms with Gasteiger partial charge in [-0.25, -0.2) is 13.6 Å². The van der Waals surface area contributed by atoms with Gasteiger partial charge in [-0.2, -0.15) is 0 Å². The fourth-order valence-corrected chi connectivity index (χ4v) is 2.96. The number of hydrogen-bond acceptors (Lipinski definition) is 3. The molecule has 1 N–H and O–H groups in total. The number of carbonyl (C=O) groups is 2. The minimum absolute atomic E-state index is 0.258. The molecular formula is C22H16ClF2NO3. The van der Waals surface area contributed by atoms with Crippen molar-refractivity contribution >= 4 is 29.2 Å². The maximum atomic E-state index is 13.7. The minimum Gasteiger partial charge on any atom is -0.462 e. The predicted molar refractivity (Wildman–Crippen MR) is 107 cm³/mol. The standard InChI is InChI=1S/C22H16ClF2NO3/c1-2-29-22(28)14-8-11-17(23)16(12-14)13-6-9-15(10-7-13)26-21(27)20-18(24)4-3-5-19(20)25/h3-12H,2H2,1H3,(H,26,27). The highest BCUT2D eigenvalue weighted by molar-refractivity contribution is 6.33. The van der Waals surface area contributed by atoms with Crippen molar-refractivity contribution in [2.24, 2.45) is 0 Å². The van der Waals surface area contributed by atoms with E-state index in [0.29, 0.717) is 27.4 Å². The van der Waals surface area contributed by atoms with Crippen molar-refractivity contribution in [1.82, 2.24) is 0 Å². The van der Waals surface area contributed by atoms with Gasteiger partial charge in [0.2, 0.25) is 0 Å². The van der Waals surface area contributed by atoms with E-state index in [9.17, 15) is 18.4 Å². The molecule has 0 fully saturated rings. The maximum absolute atomic E-state index is 13.7. The number of anilines is 1. The van der Waals surface area contributed by atoms with E-state index in [-0.39, 0.29) is 6.61 Å². The molecule has 3 aromatic carbocycles. The number of halogens is 3. The fourth-order valence-electron chi connectivity index (χ4n) is 2.73. The summed E-state index contributed by atoms with van der Waals surface area (Å²) in [6.07, 6.45) is 0. The average molecular weight is 416 g/mol. The van der Waals surface area contributed by atoms with Crippen molar-refractivity contribution in [2.75, 3.05) is 11.9 Å². The molecule has 0 radical (unpaired) electrons. The topological polar surface area (TPSA) is 55.4 Å². The Morgan fingerprint density at radius 3 is 2.28 bits per heavy atom. The molecule has 1 amide bonds. The molecule has 0 heterocycles. The van der Waals surface area contributed by atoms with Gasteiger partial charge in [0, 0.05) is 16.3 Å². The number of ether oxygens (including phenoxy) is 1. The largest absolute Gasteiger partial charge is 0.462 e. The SMILES string of the molecule is CCOC(=O)c1ccc(Cl)c(-c2ccc(NC(=O)c3c(F)cccc3F)cc2)c1. The molecule has 3 aromatic rings. The van der Waals surface area contributed by atoms with E-state index in [1.165, 1.54) is 6.07 Å². The van der Waals surface area contributed by atoms with Crippen LogP contribution < -0.4 is 5.32 Å². The van der Waals surface area contributed by atoms with Gasteiger partial charge >= 0.3 is 5.97 Å². The first-order chi connectivity index (χ1) is 13.9. The molecule has 148 valence electrons. The van der Waals surface area contributed by atoms with Crippen LogP contribution in [0.5, 0.6) is 0 Å². The van der Waals surface area contributed by atoms with Gasteiger partial charge in [-0.1, -0.05) is 29.8 Å². The molecule has 0 unspecified atom stereocenters. The number of amides is 1. The van der Waals surface area contributed by atoms with E-state index in [0.717, 1.165) is 12.1 Å². The average Bonchev–Trinajstić information content (AvgIpc) is 2.69. The van der Waals surface area contributed by atoms with Crippen molar-refractivity contribution < 1.29 is 23.1 Å². The molecule has 0 spiro atoms. The van der Waals surface area contributed by atoms with E-state index >= 15 is 0 Å². The van der Waals surface area contributed by atoms with Gasteiger partial charge in [0.25, 0.3) is 5.91 Å². The Morgan fingerprint density at radius 2 is 1.66 bits per heavy atom. The molecule has 0 saturated heterocycles. The zero-order valence-corrected chi connectivity index (χ0v) is 16.1. The molecule has 0 aliphatic rings. The number of carbonyl (C=O) groups excluding carboxylic acids is 2. The highest BCUT2D eigenvalue weighted by Gasteiger charge is 2.17. The Kier molecular flexibility index (Phi) is 6.24. The van der Waals surface area contributed by atoms with E-state index in [1.54, 1.807) is 49.4 Å². The third-order valence-corrected chi connectivity index (χ3v) is 4.45. The summed E-state index contributed by atoms with van der Waals surface area (Å²) < 4.78 is 32.5. The van der Waals surface area contributed by atoms with Crippen LogP contribution in [0.1, 0.15) is 27.6 Å². The number of nitrogens with one attached hydrogen (secondary N) is 1. The summed E-state index contributed by atoms with van der Waals surface area (Å²) in [4.78, 5) is 24.1. The summed E-state index contributed by atoms with van der Waals surface area (Å²) in [5, 5.41) is 2.89. The molecule has 0 aliphatic heterocycles. The molecule has 29 heavy (non-hydrogen) atoms. The summed E-state index contributed by atoms with van der Waals surface area (Å²) in [5.41, 5.74) is 1.35. The van der Waals surface area contributed by atoms with Crippen LogP contribution in [-0.4, -0.2) is 18.5 Å². The highest BCUT2D eigenvalue weighted by atomic mass is 35.5. The van der Waals surface area contributed by atoms with E-state index < -0.39 is 29.1 Å². The first-order valence-electron chi connectivity index (χ1n) is 8.73. The van der Waals surface area contributed by atoms with Gasteiger partial charge in [-0.3, -0.25) is 4.79 Å². The molecular weight excluding hydrogens is 400 g/mol. The summed E-state index contributed by atoms with van der Waals surface area (Å²) >= 11 is 6.25. The van der Waals surface area contributed by atoms with Gasteiger partial charge in [0.05, 0.1) is 12.2 Å². The first kappa shape index (κ1) is 20.5. The molecule has 0 atom stereocenters. The van der Waals surface area contributed by atoms with Gasteiger partial charge in [-0.15, -0.1) is 0 Å². The van der Waals surface area contributed by atoms with E-state index in [1.807, 2.05) is 0 Å². The van der Waals surface area contributed by atoms with Crippen LogP contribution in [0.2, 0.25) is 5.02 Å². The van der Waals surface area contributed by atoms with Gasteiger partial charge in [0.1, 0.15) is 17.2 Å². The highest BCUT2D eigenvalue weighted by Crippen LogP contribution is 2.30. The minimum atomic E-state index is -0.943. The molecule has 4 nitrogen and oxygen atoms in total. The third-order valence-electron chi connectivity index (χ3n) is 4.12. The van der Waals surface area contributed by atoms with Crippen molar-refractivity contribution in [3.05, 3.63) is 88.4 Å². The maximum Gasteiger partial charge on any atom is 0.338 e. The van der Waals surface area contributed by atoms with Crippen LogP contribution in [0.3, 0.4) is 0 Å². The van der Waals surface area contributed by atoms with Gasteiger partial charge in [0.15, 0.2) is 0 Å². The van der Waals surface area contributed by atoms with E-state index in [2.05, 4.69) is 5.32 Å². The smallest absolute Gasteiger partial charge is 0.338 e. The lowest BCUT2D eigenvalue weighted by molar-refractivity contribution is 0.0526. The summed E-state index contributed by atoms with van der Waals surface area (Å²) in [6, 6.07) is 14.5. The Bertz CT molecular complexity index is 1050. The van der Waals surface area contributed by atoms with Crippen LogP contribution in [0.15, 0.2) is 60.7 Å². The van der Waals surface area contributed by atoms with Crippen LogP contribution >= 0.6 is 11.6 Å². The van der Waals surface area contributed by atoms with Crippen molar-refractivity contribution in [3.8, 4) is 11.1 Å². The van der Waals surface area contributed by atoms with Crippen LogP contribution in [0.25, 0.3) is 11.1 Å². The second-order valence-corrected chi connectivity index (χ2v) is 6.45. The lowest BCUT2D eigenvalue weighted by atomic mass is 10.0. The molecule has 0 saturated carbocycles. The Balaban J connectivity index is 1.83. The zero-order valence-electron chi connectivity index (χ0n) is 15.3. The number of rotatable bonds is 5. The quantitative estimate of drug-likeness (QED) is 0.543. The fraction of sp³-hybridized carbons (Fsp3) is 0.0909. The lowest BCUT2D eigenvalue weighted by Gasteiger charge is -2.10. The zero-order chi connectivity index (χ0) is 21.0. The summed E-state index contributed by atoms with van der Waals surface area (Å²) in [6.45, 7) is 1.97. The monoisotopic (exact) mass is 415 g/mol. The molecule has 3 rings (SSSR count). The second kappa shape index (κ2) is 8.84. The predicted octanol–water partition coefficient (Wildman–Crippen LogP) is 5.71.